The van der Waals surface area contributed by atoms with Gasteiger partial charge in [-0.2, -0.15) is 0 Å². The fourth-order valence-electron chi connectivity index (χ4n) is 3.15. The lowest BCUT2D eigenvalue weighted by molar-refractivity contribution is -0.145. The third-order valence-electron chi connectivity index (χ3n) is 4.57. The smallest absolute Gasteiger partial charge is 0.307 e. The first kappa shape index (κ1) is 15.9. The van der Waals surface area contributed by atoms with Crippen LogP contribution in [-0.2, 0) is 9.59 Å². The number of likely N-dealkylation sites (tertiary alicyclic amines) is 1. The van der Waals surface area contributed by atoms with E-state index >= 15 is 0 Å². The number of hydrogen-bond donors (Lipinski definition) is 2. The van der Waals surface area contributed by atoms with Crippen molar-refractivity contribution in [3.05, 3.63) is 30.1 Å². The molecule has 1 aromatic carbocycles. The van der Waals surface area contributed by atoms with Gasteiger partial charge in [0, 0.05) is 25.3 Å². The molecule has 1 saturated carbocycles. The molecule has 2 N–H and O–H groups in total. The zero-order valence-electron chi connectivity index (χ0n) is 12.9. The van der Waals surface area contributed by atoms with Crippen LogP contribution in [0.5, 0.6) is 0 Å². The van der Waals surface area contributed by atoms with Crippen LogP contribution in [0.15, 0.2) is 24.3 Å². The number of nitrogens with one attached hydrogen (secondary N) is 1. The van der Waals surface area contributed by atoms with Gasteiger partial charge in [0.2, 0.25) is 5.91 Å². The molecule has 2 atom stereocenters. The Morgan fingerprint density at radius 3 is 2.43 bits per heavy atom. The summed E-state index contributed by atoms with van der Waals surface area (Å²) >= 11 is 0. The normalized spacial score (nSPS) is 25.1. The van der Waals surface area contributed by atoms with E-state index in [4.69, 9.17) is 0 Å². The number of anilines is 1. The molecule has 0 radical (unpaired) electrons. The minimum absolute atomic E-state index is 0.191. The van der Waals surface area contributed by atoms with Crippen LogP contribution in [0.3, 0.4) is 0 Å². The molecule has 2 aliphatic rings. The summed E-state index contributed by atoms with van der Waals surface area (Å²) in [4.78, 5) is 25.9. The van der Waals surface area contributed by atoms with Crippen LogP contribution in [0, 0.1) is 23.6 Å². The molecule has 1 aliphatic carbocycles. The molecule has 0 aromatic heterocycles. The maximum absolute atomic E-state index is 12.9. The van der Waals surface area contributed by atoms with E-state index in [-0.39, 0.29) is 17.6 Å². The second-order valence-electron chi connectivity index (χ2n) is 6.63. The Labute approximate surface area is 134 Å². The summed E-state index contributed by atoms with van der Waals surface area (Å²) in [7, 11) is 0. The molecule has 1 heterocycles. The zero-order valence-corrected chi connectivity index (χ0v) is 12.9. The fourth-order valence-corrected chi connectivity index (χ4v) is 3.15. The molecule has 1 aliphatic heterocycles. The van der Waals surface area contributed by atoms with E-state index in [1.807, 2.05) is 0 Å². The van der Waals surface area contributed by atoms with Gasteiger partial charge in [0.15, 0.2) is 0 Å². The molecule has 124 valence electrons. The van der Waals surface area contributed by atoms with E-state index in [0.29, 0.717) is 31.1 Å². The second-order valence-corrected chi connectivity index (χ2v) is 6.63. The monoisotopic (exact) mass is 320 g/mol. The Morgan fingerprint density at radius 2 is 1.83 bits per heavy atom. The van der Waals surface area contributed by atoms with E-state index < -0.39 is 11.9 Å². The van der Waals surface area contributed by atoms with Crippen LogP contribution < -0.4 is 5.32 Å². The highest BCUT2D eigenvalue weighted by atomic mass is 19.1. The maximum atomic E-state index is 12.9. The Hall–Kier alpha value is -1.95. The van der Waals surface area contributed by atoms with Crippen molar-refractivity contribution in [2.75, 3.05) is 25.0 Å². The summed E-state index contributed by atoms with van der Waals surface area (Å²) in [6.45, 7) is 1.99. The van der Waals surface area contributed by atoms with Crippen molar-refractivity contribution in [2.24, 2.45) is 17.8 Å². The summed E-state index contributed by atoms with van der Waals surface area (Å²) in [5.74, 6) is -1.60. The van der Waals surface area contributed by atoms with Gasteiger partial charge >= 0.3 is 5.97 Å². The molecule has 0 spiro atoms. The first-order valence-electron chi connectivity index (χ1n) is 8.03. The van der Waals surface area contributed by atoms with Crippen LogP contribution in [0.4, 0.5) is 10.1 Å². The SMILES string of the molecule is O=C(O)[C@H]1C[C@H](C(=O)Nc2ccc(F)cc2)CN(CC2CC2)C1. The maximum Gasteiger partial charge on any atom is 0.307 e. The third-order valence-corrected chi connectivity index (χ3v) is 4.57. The zero-order chi connectivity index (χ0) is 16.4. The van der Waals surface area contributed by atoms with Gasteiger partial charge in [0.25, 0.3) is 0 Å². The van der Waals surface area contributed by atoms with Gasteiger partial charge in [-0.25, -0.2) is 4.39 Å². The molecule has 1 saturated heterocycles. The van der Waals surface area contributed by atoms with Crippen molar-refractivity contribution >= 4 is 17.6 Å². The molecule has 3 rings (SSSR count). The number of amides is 1. The number of carbonyl (C=O) groups is 2. The molecule has 5 nitrogen and oxygen atoms in total. The number of carboxylic acid groups (broad SMARTS) is 1. The van der Waals surface area contributed by atoms with Gasteiger partial charge < -0.3 is 15.3 Å². The van der Waals surface area contributed by atoms with E-state index in [1.165, 1.54) is 37.1 Å². The van der Waals surface area contributed by atoms with Crippen LogP contribution in [0.25, 0.3) is 0 Å². The predicted octanol–water partition coefficient (Wildman–Crippen LogP) is 2.20. The lowest BCUT2D eigenvalue weighted by Crippen LogP contribution is -2.47. The minimum atomic E-state index is -0.843. The predicted molar refractivity (Wildman–Crippen MR) is 83.4 cm³/mol. The van der Waals surface area contributed by atoms with E-state index in [1.54, 1.807) is 0 Å². The molecular formula is C17H21FN2O3. The number of hydrogen-bond acceptors (Lipinski definition) is 3. The summed E-state index contributed by atoms with van der Waals surface area (Å²) < 4.78 is 12.9. The fraction of sp³-hybridized carbons (Fsp3) is 0.529. The average molecular weight is 320 g/mol. The molecule has 23 heavy (non-hydrogen) atoms. The van der Waals surface area contributed by atoms with Crippen molar-refractivity contribution in [3.63, 3.8) is 0 Å². The number of benzene rings is 1. The number of rotatable bonds is 5. The first-order chi connectivity index (χ1) is 11.0. The number of piperidine rings is 1. The standard InChI is InChI=1S/C17H21FN2O3/c18-14-3-5-15(6-4-14)19-16(21)12-7-13(17(22)23)10-20(9-12)8-11-1-2-11/h3-6,11-13H,1-2,7-10H2,(H,19,21)(H,22,23)/t12-,13-/m0/s1. The Bertz CT molecular complexity index is 586. The van der Waals surface area contributed by atoms with Crippen molar-refractivity contribution in [2.45, 2.75) is 19.3 Å². The Kier molecular flexibility index (Phi) is 4.61. The van der Waals surface area contributed by atoms with Crippen LogP contribution >= 0.6 is 0 Å². The van der Waals surface area contributed by atoms with Gasteiger partial charge in [0.1, 0.15) is 5.82 Å². The highest BCUT2D eigenvalue weighted by Gasteiger charge is 2.37. The van der Waals surface area contributed by atoms with Crippen molar-refractivity contribution in [3.8, 4) is 0 Å². The van der Waals surface area contributed by atoms with Gasteiger partial charge in [-0.3, -0.25) is 9.59 Å². The molecule has 1 aromatic rings. The number of nitrogens with zero attached hydrogens (tertiary/aromatic N) is 1. The van der Waals surface area contributed by atoms with Crippen LogP contribution in [0.1, 0.15) is 19.3 Å². The minimum Gasteiger partial charge on any atom is -0.481 e. The Morgan fingerprint density at radius 1 is 1.17 bits per heavy atom. The molecule has 2 fully saturated rings. The summed E-state index contributed by atoms with van der Waals surface area (Å²) in [5.41, 5.74) is 0.530. The molecule has 6 heteroatoms. The third kappa shape index (κ3) is 4.28. The van der Waals surface area contributed by atoms with E-state index in [0.717, 1.165) is 6.54 Å². The number of carboxylic acids is 1. The number of carbonyl (C=O) groups excluding carboxylic acids is 1. The van der Waals surface area contributed by atoms with Crippen molar-refractivity contribution < 1.29 is 19.1 Å². The molecule has 0 unspecified atom stereocenters. The lowest BCUT2D eigenvalue weighted by atomic mass is 9.88. The average Bonchev–Trinajstić information content (AvgIpc) is 3.33. The second kappa shape index (κ2) is 6.66. The first-order valence-corrected chi connectivity index (χ1v) is 8.03. The highest BCUT2D eigenvalue weighted by molar-refractivity contribution is 5.93. The molecular weight excluding hydrogens is 299 g/mol. The van der Waals surface area contributed by atoms with Crippen molar-refractivity contribution in [1.29, 1.82) is 0 Å². The van der Waals surface area contributed by atoms with E-state index in [9.17, 15) is 19.1 Å². The largest absolute Gasteiger partial charge is 0.481 e. The quantitative estimate of drug-likeness (QED) is 0.872. The summed E-state index contributed by atoms with van der Waals surface area (Å²) in [6.07, 6.45) is 2.74. The topological polar surface area (TPSA) is 69.6 Å². The number of aliphatic carboxylic acids is 1. The van der Waals surface area contributed by atoms with Gasteiger partial charge in [-0.1, -0.05) is 0 Å². The summed E-state index contributed by atoms with van der Waals surface area (Å²) in [5, 5.41) is 12.1. The van der Waals surface area contributed by atoms with Crippen molar-refractivity contribution in [1.82, 2.24) is 4.90 Å². The Balaban J connectivity index is 1.64. The van der Waals surface area contributed by atoms with Gasteiger partial charge in [0.05, 0.1) is 11.8 Å². The highest BCUT2D eigenvalue weighted by Crippen LogP contribution is 2.32. The van der Waals surface area contributed by atoms with Gasteiger partial charge in [-0.15, -0.1) is 0 Å². The molecule has 0 bridgehead atoms. The van der Waals surface area contributed by atoms with E-state index in [2.05, 4.69) is 10.2 Å². The van der Waals surface area contributed by atoms with Crippen LogP contribution in [-0.4, -0.2) is 41.5 Å². The lowest BCUT2D eigenvalue weighted by Gasteiger charge is -2.35. The van der Waals surface area contributed by atoms with Crippen LogP contribution in [0.2, 0.25) is 0 Å². The van der Waals surface area contributed by atoms with Gasteiger partial charge in [-0.05, 0) is 49.4 Å². The molecule has 1 amide bonds. The number of halogens is 1. The summed E-state index contributed by atoms with van der Waals surface area (Å²) in [6, 6.07) is 5.59.